The Hall–Kier alpha value is -1.06. The highest BCUT2D eigenvalue weighted by molar-refractivity contribution is 5.30. The van der Waals surface area contributed by atoms with Gasteiger partial charge in [0.15, 0.2) is 0 Å². The van der Waals surface area contributed by atoms with E-state index in [0.717, 1.165) is 31.9 Å². The molecule has 18 heavy (non-hydrogen) atoms. The van der Waals surface area contributed by atoms with Gasteiger partial charge in [-0.05, 0) is 38.6 Å². The van der Waals surface area contributed by atoms with Gasteiger partial charge in [0.05, 0.1) is 6.10 Å². The van der Waals surface area contributed by atoms with Crippen LogP contribution in [-0.4, -0.2) is 44.2 Å². The summed E-state index contributed by atoms with van der Waals surface area (Å²) in [5, 5.41) is 3.50. The molecule has 1 saturated heterocycles. The fraction of sp³-hybridized carbons (Fsp3) is 0.600. The van der Waals surface area contributed by atoms with Gasteiger partial charge in [-0.2, -0.15) is 0 Å². The average Bonchev–Trinajstić information content (AvgIpc) is 2.54. The summed E-state index contributed by atoms with van der Waals surface area (Å²) in [5.41, 5.74) is 1.40. The standard InChI is InChI=1S/C15H24N2O/c1-12(2)18-15-6-4-13(5-7-15)14-10-16-8-9-17(3)11-14/h4-7,12,14,16H,8-11H2,1-3H3. The van der Waals surface area contributed by atoms with Crippen molar-refractivity contribution in [1.82, 2.24) is 10.2 Å². The maximum absolute atomic E-state index is 5.68. The predicted molar refractivity (Wildman–Crippen MR) is 75.3 cm³/mol. The fourth-order valence-electron chi connectivity index (χ4n) is 2.39. The summed E-state index contributed by atoms with van der Waals surface area (Å²) < 4.78 is 5.68. The van der Waals surface area contributed by atoms with E-state index >= 15 is 0 Å². The van der Waals surface area contributed by atoms with Crippen molar-refractivity contribution in [3.8, 4) is 5.75 Å². The van der Waals surface area contributed by atoms with E-state index in [4.69, 9.17) is 4.74 Å². The van der Waals surface area contributed by atoms with Crippen LogP contribution in [0.4, 0.5) is 0 Å². The third-order valence-corrected chi connectivity index (χ3v) is 3.32. The normalized spacial score (nSPS) is 21.9. The summed E-state index contributed by atoms with van der Waals surface area (Å²) in [6.45, 7) is 8.51. The highest BCUT2D eigenvalue weighted by atomic mass is 16.5. The van der Waals surface area contributed by atoms with Gasteiger partial charge in [0.2, 0.25) is 0 Å². The highest BCUT2D eigenvalue weighted by Crippen LogP contribution is 2.21. The van der Waals surface area contributed by atoms with Gasteiger partial charge >= 0.3 is 0 Å². The number of ether oxygens (including phenoxy) is 1. The summed E-state index contributed by atoms with van der Waals surface area (Å²) in [7, 11) is 2.19. The fourth-order valence-corrected chi connectivity index (χ4v) is 2.39. The van der Waals surface area contributed by atoms with Crippen LogP contribution in [0.5, 0.6) is 5.75 Å². The molecule has 1 aliphatic heterocycles. The zero-order chi connectivity index (χ0) is 13.0. The van der Waals surface area contributed by atoms with Gasteiger partial charge in [0, 0.05) is 32.1 Å². The first kappa shape index (κ1) is 13.4. The van der Waals surface area contributed by atoms with Crippen LogP contribution >= 0.6 is 0 Å². The second-order valence-corrected chi connectivity index (χ2v) is 5.40. The second-order valence-electron chi connectivity index (χ2n) is 5.40. The van der Waals surface area contributed by atoms with Gasteiger partial charge in [0.1, 0.15) is 5.75 Å². The van der Waals surface area contributed by atoms with Crippen LogP contribution < -0.4 is 10.1 Å². The van der Waals surface area contributed by atoms with E-state index in [2.05, 4.69) is 55.4 Å². The number of nitrogens with zero attached hydrogens (tertiary/aromatic N) is 1. The molecule has 3 nitrogen and oxygen atoms in total. The zero-order valence-corrected chi connectivity index (χ0v) is 11.6. The molecule has 3 heteroatoms. The zero-order valence-electron chi connectivity index (χ0n) is 11.6. The van der Waals surface area contributed by atoms with Crippen LogP contribution in [0, 0.1) is 0 Å². The Morgan fingerprint density at radius 2 is 2.00 bits per heavy atom. The second kappa shape index (κ2) is 6.21. The van der Waals surface area contributed by atoms with Crippen molar-refractivity contribution in [3.63, 3.8) is 0 Å². The van der Waals surface area contributed by atoms with Crippen LogP contribution in [-0.2, 0) is 0 Å². The summed E-state index contributed by atoms with van der Waals surface area (Å²) >= 11 is 0. The van der Waals surface area contributed by atoms with Crippen LogP contribution in [0.3, 0.4) is 0 Å². The van der Waals surface area contributed by atoms with Crippen LogP contribution in [0.1, 0.15) is 25.3 Å². The molecule has 0 spiro atoms. The van der Waals surface area contributed by atoms with E-state index in [1.165, 1.54) is 5.56 Å². The monoisotopic (exact) mass is 248 g/mol. The van der Waals surface area contributed by atoms with Crippen molar-refractivity contribution in [3.05, 3.63) is 29.8 Å². The number of benzene rings is 1. The van der Waals surface area contributed by atoms with Crippen LogP contribution in [0.2, 0.25) is 0 Å². The lowest BCUT2D eigenvalue weighted by Gasteiger charge is -2.20. The number of nitrogens with one attached hydrogen (secondary N) is 1. The molecule has 0 saturated carbocycles. The summed E-state index contributed by atoms with van der Waals surface area (Å²) in [5.74, 6) is 1.54. The molecule has 0 aromatic heterocycles. The maximum Gasteiger partial charge on any atom is 0.119 e. The lowest BCUT2D eigenvalue weighted by atomic mass is 9.99. The molecule has 2 rings (SSSR count). The van der Waals surface area contributed by atoms with Crippen LogP contribution in [0.15, 0.2) is 24.3 Å². The molecule has 1 unspecified atom stereocenters. The first-order chi connectivity index (χ1) is 8.65. The highest BCUT2D eigenvalue weighted by Gasteiger charge is 2.16. The first-order valence-electron chi connectivity index (χ1n) is 6.81. The molecule has 0 bridgehead atoms. The average molecular weight is 248 g/mol. The van der Waals surface area contributed by atoms with Crippen molar-refractivity contribution < 1.29 is 4.74 Å². The maximum atomic E-state index is 5.68. The summed E-state index contributed by atoms with van der Waals surface area (Å²) in [4.78, 5) is 2.39. The van der Waals surface area contributed by atoms with E-state index in [9.17, 15) is 0 Å². The molecule has 0 amide bonds. The van der Waals surface area contributed by atoms with Gasteiger partial charge in [0.25, 0.3) is 0 Å². The van der Waals surface area contributed by atoms with Crippen molar-refractivity contribution in [1.29, 1.82) is 0 Å². The van der Waals surface area contributed by atoms with E-state index in [0.29, 0.717) is 5.92 Å². The number of hydrogen-bond acceptors (Lipinski definition) is 3. The first-order valence-corrected chi connectivity index (χ1v) is 6.81. The van der Waals surface area contributed by atoms with E-state index in [-0.39, 0.29) is 6.10 Å². The molecule has 1 fully saturated rings. The Labute approximate surface area is 110 Å². The lowest BCUT2D eigenvalue weighted by molar-refractivity contribution is 0.242. The molecule has 100 valence electrons. The van der Waals surface area contributed by atoms with Gasteiger partial charge in [-0.1, -0.05) is 12.1 Å². The molecule has 0 aliphatic carbocycles. The Morgan fingerprint density at radius 3 is 2.67 bits per heavy atom. The molecule has 1 N–H and O–H groups in total. The van der Waals surface area contributed by atoms with Gasteiger partial charge in [-0.25, -0.2) is 0 Å². The minimum Gasteiger partial charge on any atom is -0.491 e. The Morgan fingerprint density at radius 1 is 1.28 bits per heavy atom. The quantitative estimate of drug-likeness (QED) is 0.886. The third kappa shape index (κ3) is 3.72. The Kier molecular flexibility index (Phi) is 4.61. The van der Waals surface area contributed by atoms with Gasteiger partial charge in [-0.3, -0.25) is 0 Å². The molecule has 1 heterocycles. The van der Waals surface area contributed by atoms with E-state index in [1.54, 1.807) is 0 Å². The number of hydrogen-bond donors (Lipinski definition) is 1. The SMILES string of the molecule is CC(C)Oc1ccc(C2CNCCN(C)C2)cc1. The molecule has 1 atom stereocenters. The Bertz CT molecular complexity index is 361. The van der Waals surface area contributed by atoms with Crippen LogP contribution in [0.25, 0.3) is 0 Å². The largest absolute Gasteiger partial charge is 0.491 e. The summed E-state index contributed by atoms with van der Waals surface area (Å²) in [6.07, 6.45) is 0.238. The van der Waals surface area contributed by atoms with Gasteiger partial charge in [-0.15, -0.1) is 0 Å². The lowest BCUT2D eigenvalue weighted by Crippen LogP contribution is -2.24. The minimum atomic E-state index is 0.238. The third-order valence-electron chi connectivity index (χ3n) is 3.32. The molecular formula is C15H24N2O. The molecule has 1 aromatic rings. The molecule has 0 radical (unpaired) electrons. The van der Waals surface area contributed by atoms with Crippen molar-refractivity contribution in [2.75, 3.05) is 33.2 Å². The van der Waals surface area contributed by atoms with Crippen molar-refractivity contribution in [2.45, 2.75) is 25.9 Å². The van der Waals surface area contributed by atoms with Crippen molar-refractivity contribution in [2.24, 2.45) is 0 Å². The molecule has 1 aliphatic rings. The van der Waals surface area contributed by atoms with E-state index in [1.807, 2.05) is 0 Å². The number of rotatable bonds is 3. The smallest absolute Gasteiger partial charge is 0.119 e. The number of likely N-dealkylation sites (N-methyl/N-ethyl adjacent to an activating group) is 1. The molecule has 1 aromatic carbocycles. The topological polar surface area (TPSA) is 24.5 Å². The Balaban J connectivity index is 2.03. The minimum absolute atomic E-state index is 0.238. The molecular weight excluding hydrogens is 224 g/mol. The van der Waals surface area contributed by atoms with E-state index < -0.39 is 0 Å². The van der Waals surface area contributed by atoms with Gasteiger partial charge < -0.3 is 15.0 Å². The van der Waals surface area contributed by atoms with Crippen molar-refractivity contribution >= 4 is 0 Å². The predicted octanol–water partition coefficient (Wildman–Crippen LogP) is 2.09. The summed E-state index contributed by atoms with van der Waals surface area (Å²) in [6, 6.07) is 8.56.